The fraction of sp³-hybridized carbons (Fsp3) is 0.556. The molecule has 0 unspecified atom stereocenters. The molecule has 0 spiro atoms. The van der Waals surface area contributed by atoms with E-state index in [-0.39, 0.29) is 11.4 Å². The summed E-state index contributed by atoms with van der Waals surface area (Å²) < 4.78 is 29.0. The third-order valence-electron chi connectivity index (χ3n) is 2.58. The molecule has 0 saturated carbocycles. The van der Waals surface area contributed by atoms with E-state index in [1.54, 1.807) is 7.05 Å². The van der Waals surface area contributed by atoms with Crippen LogP contribution in [0.15, 0.2) is 6.20 Å². The second-order valence-electron chi connectivity index (χ2n) is 3.89. The number of hydrogen-bond acceptors (Lipinski definition) is 4. The summed E-state index contributed by atoms with van der Waals surface area (Å²) in [5.74, 6) is 0.0851. The highest BCUT2D eigenvalue weighted by Gasteiger charge is 2.26. The van der Waals surface area contributed by atoms with Crippen molar-refractivity contribution in [2.45, 2.75) is 12.8 Å². The van der Waals surface area contributed by atoms with Crippen molar-refractivity contribution in [1.29, 1.82) is 5.26 Å². The van der Waals surface area contributed by atoms with Gasteiger partial charge in [0, 0.05) is 26.3 Å². The van der Waals surface area contributed by atoms with Crippen LogP contribution in [0.5, 0.6) is 0 Å². The molecule has 0 radical (unpaired) electrons. The number of rotatable bonds is 3. The minimum Gasteiger partial charge on any atom is -0.272 e. The molecule has 17 heavy (non-hydrogen) atoms. The maximum absolute atomic E-state index is 11.9. The van der Waals surface area contributed by atoms with Crippen LogP contribution in [0.3, 0.4) is 0 Å². The highest BCUT2D eigenvalue weighted by atomic mass is 32.2. The maximum Gasteiger partial charge on any atom is 0.302 e. The van der Waals surface area contributed by atoms with Crippen molar-refractivity contribution in [3.63, 3.8) is 0 Å². The summed E-state index contributed by atoms with van der Waals surface area (Å²) in [5.41, 5.74) is 0.218. The molecular weight excluding hydrogens is 242 g/mol. The van der Waals surface area contributed by atoms with E-state index >= 15 is 0 Å². The predicted octanol–water partition coefficient (Wildman–Crippen LogP) is 0.0443. The zero-order valence-corrected chi connectivity index (χ0v) is 10.2. The van der Waals surface area contributed by atoms with Crippen molar-refractivity contribution in [2.75, 3.05) is 17.8 Å². The third-order valence-corrected chi connectivity index (χ3v) is 4.08. The number of anilines is 1. The monoisotopic (exact) mass is 255 g/mol. The number of nitriles is 1. The molecule has 1 fully saturated rings. The quantitative estimate of drug-likeness (QED) is 0.825. The Hall–Kier alpha value is -1.59. The Labute approximate surface area is 99.8 Å². The van der Waals surface area contributed by atoms with Gasteiger partial charge in [-0.05, 0) is 12.8 Å². The van der Waals surface area contributed by atoms with Crippen LogP contribution in [0.25, 0.3) is 0 Å². The van der Waals surface area contributed by atoms with Crippen molar-refractivity contribution < 1.29 is 8.42 Å². The average molecular weight is 255 g/mol. The van der Waals surface area contributed by atoms with Crippen LogP contribution in [0.2, 0.25) is 0 Å². The zero-order chi connectivity index (χ0) is 12.5. The topological polar surface area (TPSA) is 91.0 Å². The summed E-state index contributed by atoms with van der Waals surface area (Å²) in [6.07, 6.45) is 3.21. The van der Waals surface area contributed by atoms with E-state index in [1.807, 2.05) is 6.07 Å². The number of nitrogens with zero attached hydrogens (tertiary/aromatic N) is 4. The van der Waals surface area contributed by atoms with Gasteiger partial charge in [0.05, 0.1) is 0 Å². The van der Waals surface area contributed by atoms with E-state index in [2.05, 4.69) is 9.82 Å². The van der Waals surface area contributed by atoms with E-state index in [0.717, 1.165) is 12.8 Å². The Balaban J connectivity index is 2.23. The fourth-order valence-corrected chi connectivity index (χ4v) is 3.02. The van der Waals surface area contributed by atoms with Gasteiger partial charge in [-0.25, -0.2) is 0 Å². The fourth-order valence-electron chi connectivity index (χ4n) is 1.76. The Kier molecular flexibility index (Phi) is 3.04. The second kappa shape index (κ2) is 4.35. The van der Waals surface area contributed by atoms with Crippen LogP contribution >= 0.6 is 0 Å². The summed E-state index contributed by atoms with van der Waals surface area (Å²) in [4.78, 5) is 0. The summed E-state index contributed by atoms with van der Waals surface area (Å²) >= 11 is 0. The standard InChI is InChI=1S/C9H13N5O2S/c1-13-7-8(6-10)9(11-13)12-17(15,16)14-4-2-3-5-14/h7H,2-5H2,1H3,(H,11,12). The summed E-state index contributed by atoms with van der Waals surface area (Å²) in [7, 11) is -1.94. The molecule has 0 bridgehead atoms. The highest BCUT2D eigenvalue weighted by Crippen LogP contribution is 2.17. The van der Waals surface area contributed by atoms with Crippen LogP contribution in [0, 0.1) is 11.3 Å². The Bertz CT molecular complexity index is 550. The molecule has 2 heterocycles. The maximum atomic E-state index is 11.9. The first-order valence-electron chi connectivity index (χ1n) is 5.24. The molecule has 0 aliphatic carbocycles. The lowest BCUT2D eigenvalue weighted by Gasteiger charge is -2.15. The Morgan fingerprint density at radius 3 is 2.71 bits per heavy atom. The minimum atomic E-state index is -3.58. The molecule has 7 nitrogen and oxygen atoms in total. The minimum absolute atomic E-state index is 0.0851. The normalized spacial score (nSPS) is 16.9. The molecule has 0 amide bonds. The lowest BCUT2D eigenvalue weighted by Crippen LogP contribution is -2.33. The molecule has 1 aromatic rings. The molecular formula is C9H13N5O2S. The van der Waals surface area contributed by atoms with Gasteiger partial charge >= 0.3 is 10.2 Å². The summed E-state index contributed by atoms with van der Waals surface area (Å²) in [6, 6.07) is 1.90. The van der Waals surface area contributed by atoms with Gasteiger partial charge in [0.25, 0.3) is 0 Å². The average Bonchev–Trinajstić information content (AvgIpc) is 2.86. The molecule has 0 atom stereocenters. The number of aryl methyl sites for hydroxylation is 1. The predicted molar refractivity (Wildman–Crippen MR) is 61.3 cm³/mol. The third kappa shape index (κ3) is 2.40. The zero-order valence-electron chi connectivity index (χ0n) is 9.42. The van der Waals surface area contributed by atoms with Crippen LogP contribution in [0.4, 0.5) is 5.82 Å². The molecule has 1 aliphatic heterocycles. The highest BCUT2D eigenvalue weighted by molar-refractivity contribution is 7.90. The lowest BCUT2D eigenvalue weighted by atomic mass is 10.4. The van der Waals surface area contributed by atoms with Gasteiger partial charge in [0.15, 0.2) is 5.82 Å². The first-order valence-corrected chi connectivity index (χ1v) is 6.68. The molecule has 1 saturated heterocycles. The number of nitrogens with one attached hydrogen (secondary N) is 1. The van der Waals surface area contributed by atoms with Crippen molar-refractivity contribution in [3.8, 4) is 6.07 Å². The first-order chi connectivity index (χ1) is 8.03. The van der Waals surface area contributed by atoms with E-state index in [9.17, 15) is 8.42 Å². The molecule has 92 valence electrons. The van der Waals surface area contributed by atoms with Crippen molar-refractivity contribution in [3.05, 3.63) is 11.8 Å². The van der Waals surface area contributed by atoms with Gasteiger partial charge in [-0.2, -0.15) is 23.1 Å². The Morgan fingerprint density at radius 1 is 1.47 bits per heavy atom. The van der Waals surface area contributed by atoms with Crippen molar-refractivity contribution in [1.82, 2.24) is 14.1 Å². The largest absolute Gasteiger partial charge is 0.302 e. The van der Waals surface area contributed by atoms with Gasteiger partial charge in [0.2, 0.25) is 0 Å². The molecule has 1 aromatic heterocycles. The molecule has 2 rings (SSSR count). The lowest BCUT2D eigenvalue weighted by molar-refractivity contribution is 0.482. The number of aromatic nitrogens is 2. The van der Waals surface area contributed by atoms with Gasteiger partial charge in [0.1, 0.15) is 11.6 Å². The smallest absolute Gasteiger partial charge is 0.272 e. The van der Waals surface area contributed by atoms with E-state index in [1.165, 1.54) is 15.2 Å². The van der Waals surface area contributed by atoms with Gasteiger partial charge < -0.3 is 0 Å². The van der Waals surface area contributed by atoms with E-state index in [0.29, 0.717) is 13.1 Å². The van der Waals surface area contributed by atoms with Crippen LogP contribution in [0.1, 0.15) is 18.4 Å². The van der Waals surface area contributed by atoms with Gasteiger partial charge in [-0.15, -0.1) is 0 Å². The van der Waals surface area contributed by atoms with Crippen LogP contribution in [-0.2, 0) is 17.3 Å². The van der Waals surface area contributed by atoms with Gasteiger partial charge in [-0.3, -0.25) is 9.40 Å². The Morgan fingerprint density at radius 2 is 2.12 bits per heavy atom. The van der Waals surface area contributed by atoms with Crippen molar-refractivity contribution in [2.24, 2.45) is 7.05 Å². The SMILES string of the molecule is Cn1cc(C#N)c(NS(=O)(=O)N2CCCC2)n1. The number of hydrogen-bond donors (Lipinski definition) is 1. The molecule has 1 aliphatic rings. The van der Waals surface area contributed by atoms with Crippen molar-refractivity contribution >= 4 is 16.0 Å². The molecule has 1 N–H and O–H groups in total. The van der Waals surface area contributed by atoms with Crippen LogP contribution in [-0.4, -0.2) is 35.6 Å². The second-order valence-corrected chi connectivity index (χ2v) is 5.56. The van der Waals surface area contributed by atoms with E-state index in [4.69, 9.17) is 5.26 Å². The van der Waals surface area contributed by atoms with Crippen LogP contribution < -0.4 is 4.72 Å². The first kappa shape index (κ1) is 11.9. The summed E-state index contributed by atoms with van der Waals surface area (Å²) in [5, 5.41) is 12.8. The van der Waals surface area contributed by atoms with Gasteiger partial charge in [-0.1, -0.05) is 0 Å². The molecule has 8 heteroatoms. The van der Waals surface area contributed by atoms with E-state index < -0.39 is 10.2 Å². The summed E-state index contributed by atoms with van der Waals surface area (Å²) in [6.45, 7) is 1.04. The molecule has 0 aromatic carbocycles.